The van der Waals surface area contributed by atoms with Gasteiger partial charge in [-0.15, -0.1) is 0 Å². The van der Waals surface area contributed by atoms with Gasteiger partial charge in [0.25, 0.3) is 0 Å². The van der Waals surface area contributed by atoms with E-state index < -0.39 is 0 Å². The van der Waals surface area contributed by atoms with Crippen LogP contribution in [0, 0.1) is 0 Å². The first-order chi connectivity index (χ1) is 12.7. The lowest BCUT2D eigenvalue weighted by atomic mass is 9.94. The van der Waals surface area contributed by atoms with Crippen molar-refractivity contribution in [2.75, 3.05) is 27.6 Å². The molecule has 26 heavy (non-hydrogen) atoms. The lowest BCUT2D eigenvalue weighted by Crippen LogP contribution is -2.22. The van der Waals surface area contributed by atoms with Gasteiger partial charge in [0.05, 0.1) is 14.2 Å². The topological polar surface area (TPSA) is 49.0 Å². The Bertz CT molecular complexity index is 873. The van der Waals surface area contributed by atoms with Crippen LogP contribution in [0.5, 0.6) is 23.0 Å². The molecular formula is C21H23NO4. The number of ether oxygens (including phenoxy) is 4. The summed E-state index contributed by atoms with van der Waals surface area (Å²) in [4.78, 5) is 0. The summed E-state index contributed by atoms with van der Waals surface area (Å²) in [6, 6.07) is 8.20. The Hall–Kier alpha value is -2.82. The van der Waals surface area contributed by atoms with Gasteiger partial charge in [-0.2, -0.15) is 0 Å². The van der Waals surface area contributed by atoms with Crippen molar-refractivity contribution in [3.63, 3.8) is 0 Å². The van der Waals surface area contributed by atoms with Crippen molar-refractivity contribution < 1.29 is 18.9 Å². The average molecular weight is 353 g/mol. The summed E-state index contributed by atoms with van der Waals surface area (Å²) in [6.07, 6.45) is 4.00. The highest BCUT2D eigenvalue weighted by Gasteiger charge is 2.22. The Morgan fingerprint density at radius 3 is 2.65 bits per heavy atom. The van der Waals surface area contributed by atoms with Crippen molar-refractivity contribution in [2.24, 2.45) is 0 Å². The van der Waals surface area contributed by atoms with Gasteiger partial charge in [-0.3, -0.25) is 0 Å². The Labute approximate surface area is 153 Å². The van der Waals surface area contributed by atoms with E-state index in [0.29, 0.717) is 6.79 Å². The van der Waals surface area contributed by atoms with Gasteiger partial charge in [-0.25, -0.2) is 0 Å². The maximum Gasteiger partial charge on any atom is 0.231 e. The molecule has 0 atom stereocenters. The maximum atomic E-state index is 5.61. The predicted molar refractivity (Wildman–Crippen MR) is 101 cm³/mol. The van der Waals surface area contributed by atoms with E-state index in [0.717, 1.165) is 64.8 Å². The molecule has 0 spiro atoms. The van der Waals surface area contributed by atoms with Crippen LogP contribution in [0.4, 0.5) is 0 Å². The molecule has 0 saturated heterocycles. The highest BCUT2D eigenvalue weighted by molar-refractivity contribution is 5.85. The minimum atomic E-state index is 0.292. The summed E-state index contributed by atoms with van der Waals surface area (Å²) < 4.78 is 22.1. The van der Waals surface area contributed by atoms with E-state index in [1.165, 1.54) is 5.56 Å². The molecule has 0 aromatic heterocycles. The monoisotopic (exact) mass is 353 g/mol. The van der Waals surface area contributed by atoms with Crippen LogP contribution >= 0.6 is 0 Å². The molecule has 1 N–H and O–H groups in total. The van der Waals surface area contributed by atoms with Crippen molar-refractivity contribution in [2.45, 2.75) is 19.8 Å². The van der Waals surface area contributed by atoms with Gasteiger partial charge in [0.1, 0.15) is 0 Å². The van der Waals surface area contributed by atoms with Crippen LogP contribution in [0.2, 0.25) is 0 Å². The lowest BCUT2D eigenvalue weighted by Gasteiger charge is -2.22. The van der Waals surface area contributed by atoms with E-state index >= 15 is 0 Å². The van der Waals surface area contributed by atoms with Crippen molar-refractivity contribution in [3.05, 3.63) is 46.5 Å². The Balaban J connectivity index is 1.81. The number of benzene rings is 2. The largest absolute Gasteiger partial charge is 0.493 e. The average Bonchev–Trinajstić information content (AvgIpc) is 3.13. The molecule has 0 unspecified atom stereocenters. The van der Waals surface area contributed by atoms with Crippen molar-refractivity contribution >= 4 is 11.8 Å². The molecule has 4 rings (SSSR count). The highest BCUT2D eigenvalue weighted by atomic mass is 16.7. The zero-order chi connectivity index (χ0) is 18.1. The van der Waals surface area contributed by atoms with Crippen molar-refractivity contribution in [1.82, 2.24) is 5.32 Å². The van der Waals surface area contributed by atoms with Gasteiger partial charge < -0.3 is 24.3 Å². The molecule has 0 aliphatic carbocycles. The van der Waals surface area contributed by atoms with E-state index in [9.17, 15) is 0 Å². The van der Waals surface area contributed by atoms with Crippen LogP contribution in [0.3, 0.4) is 0 Å². The Morgan fingerprint density at radius 2 is 1.92 bits per heavy atom. The smallest absolute Gasteiger partial charge is 0.231 e. The maximum absolute atomic E-state index is 5.61. The van der Waals surface area contributed by atoms with E-state index in [-0.39, 0.29) is 0 Å². The summed E-state index contributed by atoms with van der Waals surface area (Å²) in [5.74, 6) is 3.20. The number of methoxy groups -OCH3 is 2. The molecule has 2 aliphatic rings. The summed E-state index contributed by atoms with van der Waals surface area (Å²) in [5.41, 5.74) is 5.79. The molecule has 0 bridgehead atoms. The van der Waals surface area contributed by atoms with Crippen LogP contribution in [0.1, 0.15) is 29.2 Å². The minimum absolute atomic E-state index is 0.292. The molecule has 2 heterocycles. The molecular weight excluding hydrogens is 330 g/mol. The van der Waals surface area contributed by atoms with Crippen molar-refractivity contribution in [1.29, 1.82) is 0 Å². The van der Waals surface area contributed by atoms with E-state index in [1.54, 1.807) is 14.2 Å². The fraction of sp³-hybridized carbons (Fsp3) is 0.333. The molecule has 5 nitrogen and oxygen atoms in total. The zero-order valence-corrected chi connectivity index (χ0v) is 15.3. The first-order valence-electron chi connectivity index (χ1n) is 8.87. The molecule has 0 radical (unpaired) electrons. The number of rotatable bonds is 4. The first kappa shape index (κ1) is 16.6. The van der Waals surface area contributed by atoms with Crippen LogP contribution in [0.25, 0.3) is 11.8 Å². The fourth-order valence-corrected chi connectivity index (χ4v) is 3.66. The summed E-state index contributed by atoms with van der Waals surface area (Å²) in [6.45, 7) is 3.31. The number of hydrogen-bond donors (Lipinski definition) is 1. The quantitative estimate of drug-likeness (QED) is 0.909. The standard InChI is InChI=1S/C21H23NO4/c1-4-15-13(5-6-18(23-2)21(15)24-3)9-17-16-11-20-19(25-12-26-20)10-14(16)7-8-22-17/h5-6,9-11,22H,4,7-8,12H2,1-3H3/b17-9-. The molecule has 0 saturated carbocycles. The molecule has 2 aliphatic heterocycles. The Morgan fingerprint density at radius 1 is 1.12 bits per heavy atom. The van der Waals surface area contributed by atoms with Crippen LogP contribution in [-0.4, -0.2) is 27.6 Å². The zero-order valence-electron chi connectivity index (χ0n) is 15.3. The number of hydrogen-bond acceptors (Lipinski definition) is 5. The summed E-state index contributed by atoms with van der Waals surface area (Å²) in [5, 5.41) is 3.53. The van der Waals surface area contributed by atoms with E-state index in [4.69, 9.17) is 18.9 Å². The van der Waals surface area contributed by atoms with Gasteiger partial charge in [0, 0.05) is 23.4 Å². The molecule has 0 fully saturated rings. The van der Waals surface area contributed by atoms with E-state index in [1.807, 2.05) is 6.07 Å². The lowest BCUT2D eigenvalue weighted by molar-refractivity contribution is 0.174. The van der Waals surface area contributed by atoms with Gasteiger partial charge in [0.15, 0.2) is 23.0 Å². The van der Waals surface area contributed by atoms with Crippen molar-refractivity contribution in [3.8, 4) is 23.0 Å². The second-order valence-corrected chi connectivity index (χ2v) is 6.32. The minimum Gasteiger partial charge on any atom is -0.493 e. The molecule has 2 aromatic carbocycles. The number of fused-ring (bicyclic) bond motifs is 2. The molecule has 5 heteroatoms. The predicted octanol–water partition coefficient (Wildman–Crippen LogP) is 3.64. The summed E-state index contributed by atoms with van der Waals surface area (Å²) >= 11 is 0. The third-order valence-electron chi connectivity index (χ3n) is 4.94. The fourth-order valence-electron chi connectivity index (χ4n) is 3.66. The number of nitrogens with one attached hydrogen (secondary N) is 1. The van der Waals surface area contributed by atoms with E-state index in [2.05, 4.69) is 36.5 Å². The van der Waals surface area contributed by atoms with Gasteiger partial charge in [-0.05, 0) is 48.2 Å². The third kappa shape index (κ3) is 2.73. The normalized spacial score (nSPS) is 16.2. The third-order valence-corrected chi connectivity index (χ3v) is 4.94. The second kappa shape index (κ2) is 6.83. The van der Waals surface area contributed by atoms with Gasteiger partial charge >= 0.3 is 0 Å². The Kier molecular flexibility index (Phi) is 4.37. The molecule has 136 valence electrons. The summed E-state index contributed by atoms with van der Waals surface area (Å²) in [7, 11) is 3.35. The second-order valence-electron chi connectivity index (χ2n) is 6.32. The van der Waals surface area contributed by atoms with Gasteiger partial charge in [0.2, 0.25) is 6.79 Å². The first-order valence-corrected chi connectivity index (χ1v) is 8.87. The SMILES string of the molecule is CCc1c(/C=C2\NCCc3cc4c(cc32)OCO4)ccc(OC)c1OC. The molecule has 2 aromatic rings. The molecule has 0 amide bonds. The highest BCUT2D eigenvalue weighted by Crippen LogP contribution is 2.39. The van der Waals surface area contributed by atoms with Crippen LogP contribution in [-0.2, 0) is 12.8 Å². The van der Waals surface area contributed by atoms with Crippen LogP contribution in [0.15, 0.2) is 24.3 Å². The van der Waals surface area contributed by atoms with Crippen LogP contribution < -0.4 is 24.3 Å². The van der Waals surface area contributed by atoms with Gasteiger partial charge in [-0.1, -0.05) is 13.0 Å².